The van der Waals surface area contributed by atoms with Crippen molar-refractivity contribution in [3.8, 4) is 15.7 Å². The molecule has 1 aromatic carbocycles. The van der Waals surface area contributed by atoms with Crippen molar-refractivity contribution in [2.45, 2.75) is 0 Å². The lowest BCUT2D eigenvalue weighted by molar-refractivity contribution is 0.845. The molecule has 2 aromatic heterocycles. The second-order valence-corrected chi connectivity index (χ2v) is 4.57. The fourth-order valence-electron chi connectivity index (χ4n) is 1.36. The second-order valence-electron chi connectivity index (χ2n) is 3.21. The first kappa shape index (κ1) is 10.4. The standard InChI is InChI=1S/C10H6ClN5S/c11-8-4-2-1-3-7(8)9-14-15-10(17-9)16-6-12-5-13-16/h1-6H. The number of nitrogens with zero attached hydrogens (tertiary/aromatic N) is 5. The van der Waals surface area contributed by atoms with Crippen LogP contribution in [0, 0.1) is 0 Å². The maximum Gasteiger partial charge on any atom is 0.234 e. The van der Waals surface area contributed by atoms with Crippen molar-refractivity contribution in [3.05, 3.63) is 41.9 Å². The van der Waals surface area contributed by atoms with Gasteiger partial charge in [0.2, 0.25) is 5.13 Å². The minimum atomic E-state index is 0.661. The van der Waals surface area contributed by atoms with E-state index in [4.69, 9.17) is 11.6 Å². The zero-order chi connectivity index (χ0) is 11.7. The van der Waals surface area contributed by atoms with Crippen LogP contribution in [-0.4, -0.2) is 25.0 Å². The van der Waals surface area contributed by atoms with Crippen LogP contribution >= 0.6 is 22.9 Å². The first-order valence-corrected chi connectivity index (χ1v) is 5.97. The highest BCUT2D eigenvalue weighted by atomic mass is 35.5. The number of hydrogen-bond donors (Lipinski definition) is 0. The first-order valence-electron chi connectivity index (χ1n) is 4.78. The van der Waals surface area contributed by atoms with Gasteiger partial charge in [0, 0.05) is 5.56 Å². The quantitative estimate of drug-likeness (QED) is 0.713. The van der Waals surface area contributed by atoms with Crippen LogP contribution < -0.4 is 0 Å². The average Bonchev–Trinajstić information content (AvgIpc) is 3.00. The molecular weight excluding hydrogens is 258 g/mol. The van der Waals surface area contributed by atoms with Crippen LogP contribution in [-0.2, 0) is 0 Å². The van der Waals surface area contributed by atoms with Crippen molar-refractivity contribution in [1.29, 1.82) is 0 Å². The summed E-state index contributed by atoms with van der Waals surface area (Å²) in [6.45, 7) is 0. The summed E-state index contributed by atoms with van der Waals surface area (Å²) in [5.41, 5.74) is 0.873. The molecule has 17 heavy (non-hydrogen) atoms. The van der Waals surface area contributed by atoms with Gasteiger partial charge in [-0.1, -0.05) is 41.1 Å². The Labute approximate surface area is 106 Å². The van der Waals surface area contributed by atoms with Gasteiger partial charge in [0.1, 0.15) is 12.7 Å². The third kappa shape index (κ3) is 1.92. The SMILES string of the molecule is Clc1ccccc1-c1nnc(-n2cncn2)s1. The Bertz CT molecular complexity index is 634. The van der Waals surface area contributed by atoms with E-state index in [0.717, 1.165) is 10.6 Å². The molecule has 0 amide bonds. The minimum Gasteiger partial charge on any atom is -0.223 e. The highest BCUT2D eigenvalue weighted by molar-refractivity contribution is 7.17. The van der Waals surface area contributed by atoms with Crippen molar-refractivity contribution < 1.29 is 0 Å². The number of hydrogen-bond acceptors (Lipinski definition) is 5. The van der Waals surface area contributed by atoms with Gasteiger partial charge in [-0.2, -0.15) is 9.78 Å². The molecule has 0 unspecified atom stereocenters. The first-order chi connectivity index (χ1) is 8.34. The molecule has 0 saturated heterocycles. The number of aromatic nitrogens is 5. The van der Waals surface area contributed by atoms with Crippen molar-refractivity contribution in [1.82, 2.24) is 25.0 Å². The minimum absolute atomic E-state index is 0.661. The Hall–Kier alpha value is -1.79. The molecule has 0 aliphatic heterocycles. The molecule has 0 aliphatic carbocycles. The molecule has 0 saturated carbocycles. The molecule has 0 bridgehead atoms. The number of rotatable bonds is 2. The lowest BCUT2D eigenvalue weighted by Gasteiger charge is -1.96. The van der Waals surface area contributed by atoms with Gasteiger partial charge in [-0.05, 0) is 6.07 Å². The molecule has 0 aliphatic rings. The van der Waals surface area contributed by atoms with Crippen molar-refractivity contribution in [2.24, 2.45) is 0 Å². The van der Waals surface area contributed by atoms with Crippen molar-refractivity contribution in [3.63, 3.8) is 0 Å². The van der Waals surface area contributed by atoms with E-state index in [1.807, 2.05) is 24.3 Å². The van der Waals surface area contributed by atoms with Gasteiger partial charge >= 0.3 is 0 Å². The van der Waals surface area contributed by atoms with Crippen LogP contribution in [0.1, 0.15) is 0 Å². The summed E-state index contributed by atoms with van der Waals surface area (Å²) in [7, 11) is 0. The van der Waals surface area contributed by atoms with E-state index < -0.39 is 0 Å². The third-order valence-corrected chi connectivity index (χ3v) is 3.41. The molecule has 0 fully saturated rings. The average molecular weight is 264 g/mol. The summed E-state index contributed by atoms with van der Waals surface area (Å²) >= 11 is 7.51. The zero-order valence-electron chi connectivity index (χ0n) is 8.49. The van der Waals surface area contributed by atoms with E-state index >= 15 is 0 Å². The normalized spacial score (nSPS) is 10.6. The largest absolute Gasteiger partial charge is 0.234 e. The molecule has 0 radical (unpaired) electrons. The van der Waals surface area contributed by atoms with Crippen LogP contribution in [0.15, 0.2) is 36.9 Å². The van der Waals surface area contributed by atoms with Gasteiger partial charge in [0.25, 0.3) is 0 Å². The van der Waals surface area contributed by atoms with E-state index in [-0.39, 0.29) is 0 Å². The lowest BCUT2D eigenvalue weighted by Crippen LogP contribution is -1.92. The third-order valence-electron chi connectivity index (χ3n) is 2.13. The lowest BCUT2D eigenvalue weighted by atomic mass is 10.2. The van der Waals surface area contributed by atoms with Gasteiger partial charge in [0.15, 0.2) is 5.01 Å². The molecule has 0 spiro atoms. The fraction of sp³-hybridized carbons (Fsp3) is 0. The maximum atomic E-state index is 6.10. The fourth-order valence-corrected chi connectivity index (χ4v) is 2.45. The molecule has 0 atom stereocenters. The highest BCUT2D eigenvalue weighted by Gasteiger charge is 2.10. The van der Waals surface area contributed by atoms with E-state index in [9.17, 15) is 0 Å². The van der Waals surface area contributed by atoms with Gasteiger partial charge in [-0.15, -0.1) is 10.2 Å². The smallest absolute Gasteiger partial charge is 0.223 e. The van der Waals surface area contributed by atoms with E-state index in [2.05, 4.69) is 20.3 Å². The Balaban J connectivity index is 2.04. The summed E-state index contributed by atoms with van der Waals surface area (Å²) in [5.74, 6) is 0. The predicted octanol–water partition coefficient (Wildman–Crippen LogP) is 2.44. The van der Waals surface area contributed by atoms with E-state index in [1.54, 1.807) is 11.0 Å². The van der Waals surface area contributed by atoms with Crippen LogP contribution in [0.4, 0.5) is 0 Å². The van der Waals surface area contributed by atoms with E-state index in [1.165, 1.54) is 17.7 Å². The molecule has 2 heterocycles. The van der Waals surface area contributed by atoms with Crippen LogP contribution in [0.2, 0.25) is 5.02 Å². The molecule has 3 aromatic rings. The predicted molar refractivity (Wildman–Crippen MR) is 65.3 cm³/mol. The van der Waals surface area contributed by atoms with Gasteiger partial charge in [-0.3, -0.25) is 0 Å². The molecular formula is C10H6ClN5S. The maximum absolute atomic E-state index is 6.10. The van der Waals surface area contributed by atoms with Crippen molar-refractivity contribution in [2.75, 3.05) is 0 Å². The Morgan fingerprint density at radius 1 is 1.18 bits per heavy atom. The Kier molecular flexibility index (Phi) is 2.58. The number of benzene rings is 1. The molecule has 7 heteroatoms. The zero-order valence-corrected chi connectivity index (χ0v) is 10.1. The summed E-state index contributed by atoms with van der Waals surface area (Å²) in [6.07, 6.45) is 3.04. The van der Waals surface area contributed by atoms with Gasteiger partial charge < -0.3 is 0 Å². The summed E-state index contributed by atoms with van der Waals surface area (Å²) < 4.78 is 1.57. The van der Waals surface area contributed by atoms with Crippen LogP contribution in [0.25, 0.3) is 15.7 Å². The Morgan fingerprint density at radius 2 is 2.06 bits per heavy atom. The van der Waals surface area contributed by atoms with Gasteiger partial charge in [0.05, 0.1) is 5.02 Å². The highest BCUT2D eigenvalue weighted by Crippen LogP contribution is 2.30. The summed E-state index contributed by atoms with van der Waals surface area (Å²) in [6, 6.07) is 7.53. The summed E-state index contributed by atoms with van der Waals surface area (Å²) in [4.78, 5) is 3.86. The van der Waals surface area contributed by atoms with Crippen LogP contribution in [0.5, 0.6) is 0 Å². The molecule has 3 rings (SSSR count). The Morgan fingerprint density at radius 3 is 2.82 bits per heavy atom. The monoisotopic (exact) mass is 263 g/mol. The summed E-state index contributed by atoms with van der Waals surface area (Å²) in [5, 5.41) is 14.2. The molecule has 5 nitrogen and oxygen atoms in total. The number of halogens is 1. The van der Waals surface area contributed by atoms with Gasteiger partial charge in [-0.25, -0.2) is 4.98 Å². The van der Waals surface area contributed by atoms with E-state index in [0.29, 0.717) is 10.2 Å². The molecule has 84 valence electrons. The van der Waals surface area contributed by atoms with Crippen molar-refractivity contribution >= 4 is 22.9 Å². The topological polar surface area (TPSA) is 56.5 Å². The molecule has 0 N–H and O–H groups in total. The second kappa shape index (κ2) is 4.23. The van der Waals surface area contributed by atoms with Crippen LogP contribution in [0.3, 0.4) is 0 Å².